The van der Waals surface area contributed by atoms with Gasteiger partial charge in [-0.1, -0.05) is 110 Å². The first-order valence-corrected chi connectivity index (χ1v) is 16.5. The van der Waals surface area contributed by atoms with Gasteiger partial charge in [0, 0.05) is 6.42 Å². The van der Waals surface area contributed by atoms with Crippen molar-refractivity contribution in [2.75, 3.05) is 6.61 Å². The number of hydrogen-bond acceptors (Lipinski definition) is 5. The Labute approximate surface area is 254 Å². The molecule has 232 valence electrons. The van der Waals surface area contributed by atoms with Gasteiger partial charge >= 0.3 is 5.97 Å². The predicted octanol–water partition coefficient (Wildman–Crippen LogP) is 9.80. The topological polar surface area (TPSA) is 77.0 Å². The van der Waals surface area contributed by atoms with E-state index in [0.29, 0.717) is 24.3 Å². The summed E-state index contributed by atoms with van der Waals surface area (Å²) in [5, 5.41) is 4.06. The number of carbonyl (C=O) groups is 2. The molecule has 0 saturated carbocycles. The summed E-state index contributed by atoms with van der Waals surface area (Å²) >= 11 is 0. The summed E-state index contributed by atoms with van der Waals surface area (Å²) in [7, 11) is 0. The van der Waals surface area contributed by atoms with Gasteiger partial charge in [-0.25, -0.2) is 10.2 Å². The van der Waals surface area contributed by atoms with Crippen LogP contribution in [0.5, 0.6) is 11.5 Å². The van der Waals surface area contributed by atoms with Gasteiger partial charge < -0.3 is 9.47 Å². The summed E-state index contributed by atoms with van der Waals surface area (Å²) in [4.78, 5) is 24.5. The molecule has 0 aromatic heterocycles. The van der Waals surface area contributed by atoms with Crippen LogP contribution in [0, 0.1) is 0 Å². The zero-order valence-corrected chi connectivity index (χ0v) is 26.2. The summed E-state index contributed by atoms with van der Waals surface area (Å²) in [6, 6.07) is 14.0. The third-order valence-electron chi connectivity index (χ3n) is 7.36. The van der Waals surface area contributed by atoms with Crippen molar-refractivity contribution in [3.63, 3.8) is 0 Å². The maximum absolute atomic E-state index is 12.4. The van der Waals surface area contributed by atoms with Crippen molar-refractivity contribution >= 4 is 18.1 Å². The van der Waals surface area contributed by atoms with E-state index in [9.17, 15) is 9.59 Å². The number of ether oxygens (including phenoxy) is 2. The van der Waals surface area contributed by atoms with E-state index in [1.807, 2.05) is 0 Å². The van der Waals surface area contributed by atoms with E-state index >= 15 is 0 Å². The van der Waals surface area contributed by atoms with Crippen LogP contribution < -0.4 is 14.9 Å². The summed E-state index contributed by atoms with van der Waals surface area (Å²) in [5.41, 5.74) is 3.86. The van der Waals surface area contributed by atoms with Crippen LogP contribution >= 0.6 is 0 Å². The van der Waals surface area contributed by atoms with Crippen molar-refractivity contribution in [3.05, 3.63) is 59.7 Å². The highest BCUT2D eigenvalue weighted by atomic mass is 16.5. The first kappa shape index (κ1) is 35.0. The summed E-state index contributed by atoms with van der Waals surface area (Å²) in [6.45, 7) is 5.05. The Hall–Kier alpha value is -3.15. The van der Waals surface area contributed by atoms with Gasteiger partial charge in [-0.3, -0.25) is 4.79 Å². The third-order valence-corrected chi connectivity index (χ3v) is 7.36. The minimum Gasteiger partial charge on any atom is -0.494 e. The molecule has 0 aliphatic carbocycles. The molecule has 0 bridgehead atoms. The van der Waals surface area contributed by atoms with E-state index in [1.54, 1.807) is 54.7 Å². The highest BCUT2D eigenvalue weighted by Crippen LogP contribution is 2.17. The van der Waals surface area contributed by atoms with Crippen molar-refractivity contribution in [1.29, 1.82) is 0 Å². The van der Waals surface area contributed by atoms with Crippen LogP contribution in [-0.2, 0) is 4.79 Å². The number of rotatable bonds is 24. The van der Waals surface area contributed by atoms with E-state index < -0.39 is 5.97 Å². The third kappa shape index (κ3) is 17.0. The Morgan fingerprint density at radius 1 is 0.643 bits per heavy atom. The van der Waals surface area contributed by atoms with Crippen LogP contribution in [0.25, 0.3) is 0 Å². The molecule has 0 aliphatic heterocycles. The molecule has 2 rings (SSSR count). The van der Waals surface area contributed by atoms with E-state index in [4.69, 9.17) is 9.47 Å². The molecule has 0 atom stereocenters. The van der Waals surface area contributed by atoms with Crippen molar-refractivity contribution in [2.45, 2.75) is 129 Å². The van der Waals surface area contributed by atoms with Gasteiger partial charge in [-0.15, -0.1) is 0 Å². The molecular formula is C36H54N2O4. The average Bonchev–Trinajstić information content (AvgIpc) is 3.00. The second-order valence-electron chi connectivity index (χ2n) is 11.2. The summed E-state index contributed by atoms with van der Waals surface area (Å²) in [5.74, 6) is 0.694. The van der Waals surface area contributed by atoms with Gasteiger partial charge in [-0.05, 0) is 66.9 Å². The monoisotopic (exact) mass is 578 g/mol. The first-order valence-electron chi connectivity index (χ1n) is 16.5. The van der Waals surface area contributed by atoms with Crippen LogP contribution in [0.2, 0.25) is 0 Å². The molecule has 6 nitrogen and oxygen atoms in total. The Morgan fingerprint density at radius 3 is 1.69 bits per heavy atom. The maximum atomic E-state index is 12.4. The van der Waals surface area contributed by atoms with Gasteiger partial charge in [0.1, 0.15) is 11.5 Å². The molecule has 42 heavy (non-hydrogen) atoms. The molecule has 0 aliphatic rings. The van der Waals surface area contributed by atoms with Gasteiger partial charge in [0.25, 0.3) is 0 Å². The smallest absolute Gasteiger partial charge is 0.343 e. The molecule has 0 saturated heterocycles. The Balaban J connectivity index is 1.50. The molecule has 0 unspecified atom stereocenters. The Kier molecular flexibility index (Phi) is 19.5. The van der Waals surface area contributed by atoms with Crippen molar-refractivity contribution in [1.82, 2.24) is 5.43 Å². The zero-order valence-electron chi connectivity index (χ0n) is 26.2. The minimum absolute atomic E-state index is 0.0618. The number of nitrogens with one attached hydrogen (secondary N) is 1. The fourth-order valence-corrected chi connectivity index (χ4v) is 4.70. The number of carbonyl (C=O) groups excluding carboxylic acids is 2. The highest BCUT2D eigenvalue weighted by Gasteiger charge is 2.09. The SMILES string of the molecule is CCCCCCCCCCCCCCCCCC(=O)N/N=C/c1ccc(OC(=O)c2ccc(OCCCC)cc2)cc1. The van der Waals surface area contributed by atoms with Crippen LogP contribution in [0.3, 0.4) is 0 Å². The maximum Gasteiger partial charge on any atom is 0.343 e. The molecule has 1 amide bonds. The van der Waals surface area contributed by atoms with Gasteiger partial charge in [-0.2, -0.15) is 5.10 Å². The second-order valence-corrected chi connectivity index (χ2v) is 11.2. The summed E-state index contributed by atoms with van der Waals surface area (Å²) in [6.07, 6.45) is 23.8. The fraction of sp³-hybridized carbons (Fsp3) is 0.583. The fourth-order valence-electron chi connectivity index (χ4n) is 4.70. The first-order chi connectivity index (χ1) is 20.6. The normalized spacial score (nSPS) is 11.1. The quantitative estimate of drug-likeness (QED) is 0.0442. The van der Waals surface area contributed by atoms with Crippen LogP contribution in [0.1, 0.15) is 145 Å². The van der Waals surface area contributed by atoms with Crippen LogP contribution in [0.15, 0.2) is 53.6 Å². The van der Waals surface area contributed by atoms with E-state index in [1.165, 1.54) is 83.5 Å². The van der Waals surface area contributed by atoms with Gasteiger partial charge in [0.2, 0.25) is 5.91 Å². The number of hydrazone groups is 1. The number of unbranched alkanes of at least 4 members (excludes halogenated alkanes) is 15. The lowest BCUT2D eigenvalue weighted by Crippen LogP contribution is -2.16. The molecule has 6 heteroatoms. The zero-order chi connectivity index (χ0) is 30.1. The Bertz CT molecular complexity index is 1000. The standard InChI is InChI=1S/C36H54N2O4/c1-3-5-7-8-9-10-11-12-13-14-15-16-17-18-19-20-35(39)38-37-30-31-21-25-34(26-22-31)42-36(40)32-23-27-33(28-24-32)41-29-6-4-2/h21-28,30H,3-20,29H2,1-2H3,(H,38,39)/b37-30+. The van der Waals surface area contributed by atoms with E-state index in [-0.39, 0.29) is 5.91 Å². The lowest BCUT2D eigenvalue weighted by atomic mass is 10.0. The number of nitrogens with zero attached hydrogens (tertiary/aromatic N) is 1. The van der Waals surface area contributed by atoms with Gasteiger partial charge in [0.05, 0.1) is 18.4 Å². The van der Waals surface area contributed by atoms with E-state index in [2.05, 4.69) is 24.4 Å². The molecule has 0 radical (unpaired) electrons. The molecule has 0 heterocycles. The molecule has 2 aromatic carbocycles. The van der Waals surface area contributed by atoms with Crippen LogP contribution in [-0.4, -0.2) is 24.7 Å². The lowest BCUT2D eigenvalue weighted by Gasteiger charge is -2.07. The number of hydrogen-bond donors (Lipinski definition) is 1. The predicted molar refractivity (Wildman–Crippen MR) is 174 cm³/mol. The van der Waals surface area contributed by atoms with Crippen LogP contribution in [0.4, 0.5) is 0 Å². The van der Waals surface area contributed by atoms with Crippen molar-refractivity contribution in [2.24, 2.45) is 5.10 Å². The molecular weight excluding hydrogens is 524 g/mol. The molecule has 0 fully saturated rings. The number of benzene rings is 2. The van der Waals surface area contributed by atoms with Gasteiger partial charge in [0.15, 0.2) is 0 Å². The Morgan fingerprint density at radius 2 is 1.14 bits per heavy atom. The average molecular weight is 579 g/mol. The lowest BCUT2D eigenvalue weighted by molar-refractivity contribution is -0.121. The van der Waals surface area contributed by atoms with Crippen molar-refractivity contribution < 1.29 is 19.1 Å². The molecule has 0 spiro atoms. The van der Waals surface area contributed by atoms with Crippen molar-refractivity contribution in [3.8, 4) is 11.5 Å². The molecule has 1 N–H and O–H groups in total. The largest absolute Gasteiger partial charge is 0.494 e. The second kappa shape index (κ2) is 23.4. The number of esters is 1. The highest BCUT2D eigenvalue weighted by molar-refractivity contribution is 5.91. The van der Waals surface area contributed by atoms with E-state index in [0.717, 1.165) is 37.0 Å². The summed E-state index contributed by atoms with van der Waals surface area (Å²) < 4.78 is 11.1. The molecule has 2 aromatic rings. The minimum atomic E-state index is -0.428. The number of amides is 1.